The number of rotatable bonds is 3. The average Bonchev–Trinajstić information content (AvgIpc) is 3.51. The third-order valence-electron chi connectivity index (χ3n) is 6.63. The maximum absolute atomic E-state index is 13.4. The van der Waals surface area contributed by atoms with Crippen molar-refractivity contribution in [2.24, 2.45) is 11.3 Å². The van der Waals surface area contributed by atoms with Crippen molar-refractivity contribution >= 4 is 23.2 Å². The molecular formula is C24H27ClN2O. The summed E-state index contributed by atoms with van der Waals surface area (Å²) in [6.45, 7) is 4.38. The van der Waals surface area contributed by atoms with Crippen LogP contribution in [0.5, 0.6) is 0 Å². The van der Waals surface area contributed by atoms with E-state index >= 15 is 0 Å². The Hall–Kier alpha value is -1.84. The van der Waals surface area contributed by atoms with Gasteiger partial charge in [-0.15, -0.1) is 0 Å². The van der Waals surface area contributed by atoms with Gasteiger partial charge in [0.05, 0.1) is 0 Å². The van der Waals surface area contributed by atoms with Gasteiger partial charge in [0.1, 0.15) is 0 Å². The highest BCUT2D eigenvalue weighted by Gasteiger charge is 2.43. The van der Waals surface area contributed by atoms with Gasteiger partial charge in [-0.05, 0) is 80.5 Å². The van der Waals surface area contributed by atoms with Gasteiger partial charge in [-0.1, -0.05) is 29.8 Å². The first-order chi connectivity index (χ1) is 13.6. The molecule has 1 amide bonds. The Kier molecular flexibility index (Phi) is 4.68. The van der Waals surface area contributed by atoms with Crippen LogP contribution in [0.25, 0.3) is 0 Å². The van der Waals surface area contributed by atoms with Crippen LogP contribution in [0.2, 0.25) is 5.02 Å². The minimum atomic E-state index is 0.0857. The van der Waals surface area contributed by atoms with E-state index in [9.17, 15) is 4.79 Å². The predicted octanol–water partition coefficient (Wildman–Crippen LogP) is 5.04. The molecule has 4 heteroatoms. The molecule has 0 N–H and O–H groups in total. The lowest BCUT2D eigenvalue weighted by molar-refractivity contribution is 0.0770. The summed E-state index contributed by atoms with van der Waals surface area (Å²) in [6.07, 6.45) is 6.31. The highest BCUT2D eigenvalue weighted by Crippen LogP contribution is 2.43. The molecule has 146 valence electrons. The van der Waals surface area contributed by atoms with Crippen molar-refractivity contribution in [2.75, 3.05) is 31.1 Å². The van der Waals surface area contributed by atoms with Gasteiger partial charge in [0.2, 0.25) is 0 Å². The smallest absolute Gasteiger partial charge is 0.258 e. The van der Waals surface area contributed by atoms with Crippen LogP contribution >= 0.6 is 11.6 Å². The molecule has 1 saturated heterocycles. The molecule has 0 aromatic heterocycles. The second-order valence-corrected chi connectivity index (χ2v) is 9.42. The number of amides is 1. The van der Waals surface area contributed by atoms with Crippen LogP contribution in [0, 0.1) is 11.3 Å². The maximum Gasteiger partial charge on any atom is 0.258 e. The highest BCUT2D eigenvalue weighted by molar-refractivity contribution is 6.30. The number of piperidine rings is 1. The van der Waals surface area contributed by atoms with Crippen molar-refractivity contribution in [3.05, 3.63) is 64.7 Å². The molecular weight excluding hydrogens is 368 g/mol. The number of anilines is 1. The van der Waals surface area contributed by atoms with Gasteiger partial charge < -0.3 is 9.80 Å². The molecule has 1 saturated carbocycles. The standard InChI is InChI=1S/C24H27ClN2O/c25-21-10-8-19(9-11-21)23(28)27-17-24(14-20-4-1-2-5-22(20)27)12-3-13-26(16-24)15-18-6-7-18/h1-2,4-5,8-11,18H,3,6-7,12-17H2. The van der Waals surface area contributed by atoms with Crippen LogP contribution in [-0.2, 0) is 6.42 Å². The van der Waals surface area contributed by atoms with Crippen molar-refractivity contribution in [1.82, 2.24) is 4.90 Å². The molecule has 1 atom stereocenters. The number of nitrogens with zero attached hydrogens (tertiary/aromatic N) is 2. The minimum Gasteiger partial charge on any atom is -0.307 e. The maximum atomic E-state index is 13.4. The molecule has 3 nitrogen and oxygen atoms in total. The number of carbonyl (C=O) groups is 1. The van der Waals surface area contributed by atoms with Gasteiger partial charge in [-0.25, -0.2) is 0 Å². The zero-order chi connectivity index (χ0) is 19.1. The van der Waals surface area contributed by atoms with Gasteiger partial charge in [0, 0.05) is 41.3 Å². The number of hydrogen-bond donors (Lipinski definition) is 0. The minimum absolute atomic E-state index is 0.0857. The monoisotopic (exact) mass is 394 g/mol. The molecule has 2 heterocycles. The summed E-state index contributed by atoms with van der Waals surface area (Å²) in [7, 11) is 0. The molecule has 1 unspecified atom stereocenters. The SMILES string of the molecule is O=C(c1ccc(Cl)cc1)N1CC2(CCCN(CC3CC3)C2)Cc2ccccc21. The third kappa shape index (κ3) is 3.58. The first kappa shape index (κ1) is 18.2. The molecule has 2 aliphatic heterocycles. The summed E-state index contributed by atoms with van der Waals surface area (Å²) in [5.74, 6) is 1.00. The predicted molar refractivity (Wildman–Crippen MR) is 114 cm³/mol. The molecule has 28 heavy (non-hydrogen) atoms. The Bertz CT molecular complexity index is 876. The Morgan fingerprint density at radius 2 is 1.86 bits per heavy atom. The molecule has 3 aliphatic rings. The summed E-state index contributed by atoms with van der Waals surface area (Å²) >= 11 is 6.03. The summed E-state index contributed by atoms with van der Waals surface area (Å²) in [5, 5.41) is 0.662. The summed E-state index contributed by atoms with van der Waals surface area (Å²) in [6, 6.07) is 15.7. The average molecular weight is 395 g/mol. The van der Waals surface area contributed by atoms with E-state index < -0.39 is 0 Å². The van der Waals surface area contributed by atoms with E-state index in [1.807, 2.05) is 23.1 Å². The van der Waals surface area contributed by atoms with Crippen LogP contribution in [0.3, 0.4) is 0 Å². The first-order valence-corrected chi connectivity index (χ1v) is 10.9. The topological polar surface area (TPSA) is 23.6 Å². The Labute approximate surface area is 172 Å². The Morgan fingerprint density at radius 1 is 1.07 bits per heavy atom. The van der Waals surface area contributed by atoms with Crippen molar-refractivity contribution in [3.8, 4) is 0 Å². The van der Waals surface area contributed by atoms with E-state index in [0.717, 1.165) is 31.1 Å². The number of likely N-dealkylation sites (tertiary alicyclic amines) is 1. The van der Waals surface area contributed by atoms with Crippen molar-refractivity contribution in [1.29, 1.82) is 0 Å². The molecule has 2 aromatic rings. The van der Waals surface area contributed by atoms with Gasteiger partial charge in [-0.3, -0.25) is 4.79 Å². The van der Waals surface area contributed by atoms with E-state index in [4.69, 9.17) is 11.6 Å². The van der Waals surface area contributed by atoms with Gasteiger partial charge in [-0.2, -0.15) is 0 Å². The molecule has 1 aliphatic carbocycles. The van der Waals surface area contributed by atoms with E-state index in [-0.39, 0.29) is 11.3 Å². The second kappa shape index (κ2) is 7.20. The lowest BCUT2D eigenvalue weighted by Crippen LogP contribution is -2.54. The molecule has 2 aromatic carbocycles. The number of fused-ring (bicyclic) bond motifs is 1. The van der Waals surface area contributed by atoms with Crippen LogP contribution in [0.15, 0.2) is 48.5 Å². The first-order valence-electron chi connectivity index (χ1n) is 10.5. The second-order valence-electron chi connectivity index (χ2n) is 8.99. The Morgan fingerprint density at radius 3 is 2.64 bits per heavy atom. The van der Waals surface area contributed by atoms with Crippen molar-refractivity contribution in [2.45, 2.75) is 32.1 Å². The largest absolute Gasteiger partial charge is 0.307 e. The molecule has 5 rings (SSSR count). The van der Waals surface area contributed by atoms with Crippen LogP contribution < -0.4 is 4.90 Å². The van der Waals surface area contributed by atoms with E-state index in [0.29, 0.717) is 10.6 Å². The van der Waals surface area contributed by atoms with E-state index in [2.05, 4.69) is 23.1 Å². The lowest BCUT2D eigenvalue weighted by atomic mass is 9.72. The fraction of sp³-hybridized carbons (Fsp3) is 0.458. The fourth-order valence-electron chi connectivity index (χ4n) is 5.14. The van der Waals surface area contributed by atoms with Crippen LogP contribution in [0.1, 0.15) is 41.6 Å². The summed E-state index contributed by atoms with van der Waals surface area (Å²) in [4.78, 5) is 18.1. The zero-order valence-corrected chi connectivity index (χ0v) is 17.0. The lowest BCUT2D eigenvalue weighted by Gasteiger charge is -2.49. The molecule has 0 radical (unpaired) electrons. The van der Waals surface area contributed by atoms with Crippen LogP contribution in [-0.4, -0.2) is 37.0 Å². The van der Waals surface area contributed by atoms with Gasteiger partial charge >= 0.3 is 0 Å². The van der Waals surface area contributed by atoms with E-state index in [1.54, 1.807) is 12.1 Å². The van der Waals surface area contributed by atoms with Gasteiger partial charge in [0.15, 0.2) is 0 Å². The van der Waals surface area contributed by atoms with Crippen molar-refractivity contribution < 1.29 is 4.79 Å². The third-order valence-corrected chi connectivity index (χ3v) is 6.88. The summed E-state index contributed by atoms with van der Waals surface area (Å²) < 4.78 is 0. The molecule has 2 fully saturated rings. The summed E-state index contributed by atoms with van der Waals surface area (Å²) in [5.41, 5.74) is 3.27. The molecule has 1 spiro atoms. The number of halogens is 1. The van der Waals surface area contributed by atoms with Crippen molar-refractivity contribution in [3.63, 3.8) is 0 Å². The number of para-hydroxylation sites is 1. The zero-order valence-electron chi connectivity index (χ0n) is 16.2. The fourth-order valence-corrected chi connectivity index (χ4v) is 5.26. The quantitative estimate of drug-likeness (QED) is 0.728. The van der Waals surface area contributed by atoms with Crippen LogP contribution in [0.4, 0.5) is 5.69 Å². The molecule has 0 bridgehead atoms. The highest BCUT2D eigenvalue weighted by atomic mass is 35.5. The van der Waals surface area contributed by atoms with Gasteiger partial charge in [0.25, 0.3) is 5.91 Å². The number of carbonyl (C=O) groups excluding carboxylic acids is 1. The Balaban J connectivity index is 1.46. The normalized spacial score (nSPS) is 25.0. The van der Waals surface area contributed by atoms with E-state index in [1.165, 1.54) is 44.3 Å². The number of hydrogen-bond acceptors (Lipinski definition) is 2. The number of benzene rings is 2.